The lowest BCUT2D eigenvalue weighted by Gasteiger charge is -2.16. The fourth-order valence-corrected chi connectivity index (χ4v) is 1.53. The Balaban J connectivity index is 3.30. The third-order valence-corrected chi connectivity index (χ3v) is 2.49. The van der Waals surface area contributed by atoms with Crippen LogP contribution in [0.5, 0.6) is 5.88 Å². The van der Waals surface area contributed by atoms with Gasteiger partial charge in [-0.05, 0) is 0 Å². The van der Waals surface area contributed by atoms with E-state index >= 15 is 0 Å². The van der Waals surface area contributed by atoms with E-state index < -0.39 is 11.2 Å². The van der Waals surface area contributed by atoms with Crippen LogP contribution in [-0.4, -0.2) is 31.2 Å². The Labute approximate surface area is 111 Å². The molecule has 0 aliphatic carbocycles. The molecular formula is C12H16N2O5. The number of allylic oxidation sites excluding steroid dienone is 1. The fraction of sp³-hybridized carbons (Fsp3) is 0.417. The average Bonchev–Trinajstić information content (AvgIpc) is 2.41. The van der Waals surface area contributed by atoms with Gasteiger partial charge in [0.05, 0.1) is 12.0 Å². The summed E-state index contributed by atoms with van der Waals surface area (Å²) >= 11 is 0. The molecule has 104 valence electrons. The molecule has 19 heavy (non-hydrogen) atoms. The maximum absolute atomic E-state index is 10.7. The molecule has 0 spiro atoms. The van der Waals surface area contributed by atoms with E-state index in [4.69, 9.17) is 14.2 Å². The number of rotatable bonds is 6. The topological polar surface area (TPSA) is 83.7 Å². The summed E-state index contributed by atoms with van der Waals surface area (Å²) in [6.07, 6.45) is 2.24. The summed E-state index contributed by atoms with van der Waals surface area (Å²) in [6.45, 7) is 1.41. The normalized spacial score (nSPS) is 11.7. The Kier molecular flexibility index (Phi) is 5.40. The average molecular weight is 268 g/mol. The Morgan fingerprint density at radius 2 is 2.05 bits per heavy atom. The van der Waals surface area contributed by atoms with Gasteiger partial charge in [-0.2, -0.15) is 0 Å². The number of hydrogen-bond acceptors (Lipinski definition) is 6. The summed E-state index contributed by atoms with van der Waals surface area (Å²) in [5, 5.41) is 10.7. The second kappa shape index (κ2) is 6.81. The molecule has 0 aliphatic rings. The van der Waals surface area contributed by atoms with E-state index in [0.29, 0.717) is 17.0 Å². The number of nitro groups is 1. The lowest BCUT2D eigenvalue weighted by molar-refractivity contribution is -0.422. The van der Waals surface area contributed by atoms with Crippen LogP contribution in [0.4, 0.5) is 0 Å². The van der Waals surface area contributed by atoms with E-state index in [0.717, 1.165) is 0 Å². The third-order valence-electron chi connectivity index (χ3n) is 2.49. The molecule has 0 aromatic carbocycles. The highest BCUT2D eigenvalue weighted by Crippen LogP contribution is 2.26. The van der Waals surface area contributed by atoms with Gasteiger partial charge in [0.1, 0.15) is 0 Å². The number of methoxy groups -OCH3 is 3. The predicted molar refractivity (Wildman–Crippen MR) is 68.2 cm³/mol. The van der Waals surface area contributed by atoms with Gasteiger partial charge in [0, 0.05) is 50.6 Å². The molecule has 0 fully saturated rings. The number of pyridine rings is 1. The molecule has 0 atom stereocenters. The molecule has 0 aliphatic heterocycles. The first-order valence-electron chi connectivity index (χ1n) is 5.45. The van der Waals surface area contributed by atoms with Gasteiger partial charge in [-0.1, -0.05) is 0 Å². The van der Waals surface area contributed by atoms with Crippen LogP contribution < -0.4 is 4.74 Å². The fourth-order valence-electron chi connectivity index (χ4n) is 1.53. The quantitative estimate of drug-likeness (QED) is 0.446. The van der Waals surface area contributed by atoms with Crippen LogP contribution in [0.15, 0.2) is 18.0 Å². The van der Waals surface area contributed by atoms with Gasteiger partial charge in [0.2, 0.25) is 11.6 Å². The highest BCUT2D eigenvalue weighted by Gasteiger charge is 2.16. The summed E-state index contributed by atoms with van der Waals surface area (Å²) in [5.41, 5.74) is 1.15. The lowest BCUT2D eigenvalue weighted by Crippen LogP contribution is -2.07. The summed E-state index contributed by atoms with van der Waals surface area (Å²) in [6, 6.07) is 1.62. The first-order valence-corrected chi connectivity index (χ1v) is 5.45. The highest BCUT2D eigenvalue weighted by atomic mass is 16.7. The number of ether oxygens (including phenoxy) is 3. The Morgan fingerprint density at radius 1 is 1.42 bits per heavy atom. The largest absolute Gasteiger partial charge is 0.481 e. The monoisotopic (exact) mass is 268 g/mol. The number of aromatic nitrogens is 1. The Morgan fingerprint density at radius 3 is 2.53 bits per heavy atom. The summed E-state index contributed by atoms with van der Waals surface area (Å²) in [5.74, 6) is 0.380. The van der Waals surface area contributed by atoms with E-state index in [-0.39, 0.29) is 5.70 Å². The Hall–Kier alpha value is -1.99. The maximum atomic E-state index is 10.7. The van der Waals surface area contributed by atoms with Crippen LogP contribution in [0, 0.1) is 10.1 Å². The van der Waals surface area contributed by atoms with Crippen LogP contribution in [0.1, 0.15) is 24.3 Å². The van der Waals surface area contributed by atoms with Crippen molar-refractivity contribution in [2.45, 2.75) is 13.2 Å². The first-order chi connectivity index (χ1) is 9.03. The molecule has 1 heterocycles. The molecule has 0 N–H and O–H groups in total. The predicted octanol–water partition coefficient (Wildman–Crippen LogP) is 2.02. The smallest absolute Gasteiger partial charge is 0.243 e. The molecule has 7 nitrogen and oxygen atoms in total. The van der Waals surface area contributed by atoms with E-state index in [1.807, 2.05) is 0 Å². The van der Waals surface area contributed by atoms with E-state index in [1.54, 1.807) is 6.07 Å². The van der Waals surface area contributed by atoms with Gasteiger partial charge in [-0.25, -0.2) is 4.98 Å². The molecule has 0 saturated heterocycles. The van der Waals surface area contributed by atoms with Crippen molar-refractivity contribution in [3.63, 3.8) is 0 Å². The Bertz CT molecular complexity index is 483. The van der Waals surface area contributed by atoms with Gasteiger partial charge in [0.25, 0.3) is 0 Å². The maximum Gasteiger partial charge on any atom is 0.243 e. The van der Waals surface area contributed by atoms with Crippen molar-refractivity contribution in [2.75, 3.05) is 21.3 Å². The van der Waals surface area contributed by atoms with Crippen LogP contribution >= 0.6 is 0 Å². The van der Waals surface area contributed by atoms with E-state index in [9.17, 15) is 10.1 Å². The SMILES string of the molecule is COc1cc(C(OC)OC)c(/C=C(\C)[N+](=O)[O-])cn1. The zero-order valence-corrected chi connectivity index (χ0v) is 11.2. The molecule has 1 aromatic rings. The van der Waals surface area contributed by atoms with Crippen LogP contribution in [-0.2, 0) is 9.47 Å². The molecule has 0 bridgehead atoms. The standard InChI is InChI=1S/C12H16N2O5/c1-8(14(15)16)5-9-7-13-11(17-2)6-10(9)12(18-3)19-4/h5-7,12H,1-4H3/b8-5+. The molecule has 0 radical (unpaired) electrons. The second-order valence-corrected chi connectivity index (χ2v) is 3.70. The molecule has 0 amide bonds. The van der Waals surface area contributed by atoms with Gasteiger partial charge >= 0.3 is 0 Å². The van der Waals surface area contributed by atoms with Crippen LogP contribution in [0.3, 0.4) is 0 Å². The van der Waals surface area contributed by atoms with Crippen LogP contribution in [0.2, 0.25) is 0 Å². The molecule has 1 rings (SSSR count). The molecule has 0 saturated carbocycles. The van der Waals surface area contributed by atoms with Crippen molar-refractivity contribution in [3.05, 3.63) is 39.2 Å². The lowest BCUT2D eigenvalue weighted by atomic mass is 10.1. The van der Waals surface area contributed by atoms with E-state index in [1.165, 1.54) is 40.5 Å². The zero-order valence-electron chi connectivity index (χ0n) is 11.2. The summed E-state index contributed by atoms with van der Waals surface area (Å²) < 4.78 is 15.4. The van der Waals surface area contributed by atoms with Gasteiger partial charge in [-0.3, -0.25) is 10.1 Å². The minimum absolute atomic E-state index is 0.000766. The number of nitrogens with zero attached hydrogens (tertiary/aromatic N) is 2. The molecular weight excluding hydrogens is 252 g/mol. The van der Waals surface area contributed by atoms with Crippen molar-refractivity contribution in [2.24, 2.45) is 0 Å². The van der Waals surface area contributed by atoms with Gasteiger partial charge < -0.3 is 14.2 Å². The second-order valence-electron chi connectivity index (χ2n) is 3.70. The molecule has 0 unspecified atom stereocenters. The number of hydrogen-bond donors (Lipinski definition) is 0. The van der Waals surface area contributed by atoms with Crippen molar-refractivity contribution in [3.8, 4) is 5.88 Å². The zero-order chi connectivity index (χ0) is 14.4. The molecule has 7 heteroatoms. The minimum Gasteiger partial charge on any atom is -0.481 e. The van der Waals surface area contributed by atoms with E-state index in [2.05, 4.69) is 4.98 Å². The third kappa shape index (κ3) is 3.73. The first kappa shape index (κ1) is 15.1. The van der Waals surface area contributed by atoms with Gasteiger partial charge in [0.15, 0.2) is 6.29 Å². The minimum atomic E-state index is -0.650. The van der Waals surface area contributed by atoms with Gasteiger partial charge in [-0.15, -0.1) is 0 Å². The highest BCUT2D eigenvalue weighted by molar-refractivity contribution is 5.55. The molecule has 1 aromatic heterocycles. The van der Waals surface area contributed by atoms with Crippen LogP contribution in [0.25, 0.3) is 6.08 Å². The summed E-state index contributed by atoms with van der Waals surface area (Å²) in [4.78, 5) is 14.2. The van der Waals surface area contributed by atoms with Crippen molar-refractivity contribution in [1.82, 2.24) is 4.98 Å². The van der Waals surface area contributed by atoms with Crippen molar-refractivity contribution in [1.29, 1.82) is 0 Å². The van der Waals surface area contributed by atoms with Crippen molar-refractivity contribution >= 4 is 6.08 Å². The summed E-state index contributed by atoms with van der Waals surface area (Å²) in [7, 11) is 4.45. The van der Waals surface area contributed by atoms with Crippen molar-refractivity contribution < 1.29 is 19.1 Å².